The van der Waals surface area contributed by atoms with Crippen LogP contribution in [0, 0.1) is 0 Å². The number of benzene rings is 2. The second kappa shape index (κ2) is 7.16. The van der Waals surface area contributed by atoms with Crippen LogP contribution >= 0.6 is 0 Å². The number of aromatic amines is 1. The maximum atomic E-state index is 12.9. The van der Waals surface area contributed by atoms with Gasteiger partial charge in [0.15, 0.2) is 17.2 Å². The molecule has 1 fully saturated rings. The molecule has 0 saturated carbocycles. The van der Waals surface area contributed by atoms with Gasteiger partial charge in [0.2, 0.25) is 0 Å². The Morgan fingerprint density at radius 3 is 2.64 bits per heavy atom. The highest BCUT2D eigenvalue weighted by Gasteiger charge is 2.25. The van der Waals surface area contributed by atoms with E-state index in [0.717, 1.165) is 42.0 Å². The number of hydrogen-bond donors (Lipinski definition) is 1. The number of carbonyl (C=O) groups excluding carboxylic acids is 1. The Hall–Kier alpha value is -3.06. The Labute approximate surface area is 162 Å². The maximum absolute atomic E-state index is 12.9. The Balaban J connectivity index is 1.22. The van der Waals surface area contributed by atoms with E-state index in [2.05, 4.69) is 27.2 Å². The first-order valence-electron chi connectivity index (χ1n) is 9.61. The molecule has 144 valence electrons. The van der Waals surface area contributed by atoms with Crippen LogP contribution in [0.5, 0.6) is 11.5 Å². The van der Waals surface area contributed by atoms with E-state index < -0.39 is 0 Å². The lowest BCUT2D eigenvalue weighted by molar-refractivity contribution is 0.0624. The summed E-state index contributed by atoms with van der Waals surface area (Å²) in [5.74, 6) is 1.64. The van der Waals surface area contributed by atoms with Crippen LogP contribution in [-0.2, 0) is 6.54 Å². The maximum Gasteiger partial charge on any atom is 0.275 e. The zero-order valence-electron chi connectivity index (χ0n) is 15.6. The summed E-state index contributed by atoms with van der Waals surface area (Å²) in [5.41, 5.74) is 2.60. The summed E-state index contributed by atoms with van der Waals surface area (Å²) >= 11 is 0. The van der Waals surface area contributed by atoms with Crippen molar-refractivity contribution in [3.63, 3.8) is 0 Å². The monoisotopic (exact) mass is 378 g/mol. The van der Waals surface area contributed by atoms with E-state index in [1.54, 1.807) is 0 Å². The van der Waals surface area contributed by atoms with Crippen molar-refractivity contribution in [1.82, 2.24) is 20.0 Å². The molecule has 2 aliphatic rings. The van der Waals surface area contributed by atoms with Crippen molar-refractivity contribution < 1.29 is 14.3 Å². The molecule has 1 saturated heterocycles. The Bertz CT molecular complexity index is 1010. The number of hydrogen-bond acceptors (Lipinski definition) is 5. The van der Waals surface area contributed by atoms with Gasteiger partial charge in [0.05, 0.1) is 5.52 Å². The Kier molecular flexibility index (Phi) is 4.37. The summed E-state index contributed by atoms with van der Waals surface area (Å²) in [7, 11) is 0. The number of nitrogens with one attached hydrogen (secondary N) is 1. The third-order valence-electron chi connectivity index (χ3n) is 5.35. The highest BCUT2D eigenvalue weighted by Crippen LogP contribution is 2.31. The fraction of sp³-hybridized carbons (Fsp3) is 0.333. The van der Waals surface area contributed by atoms with Gasteiger partial charge in [-0.05, 0) is 23.8 Å². The fourth-order valence-corrected chi connectivity index (χ4v) is 3.83. The van der Waals surface area contributed by atoms with Crippen molar-refractivity contribution >= 4 is 16.8 Å². The summed E-state index contributed by atoms with van der Waals surface area (Å²) in [6.07, 6.45) is 0. The number of H-pyrrole nitrogens is 1. The normalized spacial score (nSPS) is 17.1. The van der Waals surface area contributed by atoms with Gasteiger partial charge in [0.25, 0.3) is 5.91 Å². The number of piperazine rings is 1. The summed E-state index contributed by atoms with van der Waals surface area (Å²) in [6.45, 7) is 5.11. The van der Waals surface area contributed by atoms with E-state index in [1.165, 1.54) is 5.56 Å². The second-order valence-corrected chi connectivity index (χ2v) is 7.16. The standard InChI is InChI=1S/C21H22N4O3/c26-21(20-16-3-1-2-4-17(16)22-23-20)25-9-7-24(8-10-25)14-15-5-6-18-19(13-15)28-12-11-27-18/h1-6,13H,7-12,14H2,(H,22,23). The first-order valence-corrected chi connectivity index (χ1v) is 9.61. The first-order chi connectivity index (χ1) is 13.8. The third kappa shape index (κ3) is 3.18. The van der Waals surface area contributed by atoms with Crippen LogP contribution < -0.4 is 9.47 Å². The molecule has 0 spiro atoms. The molecule has 0 unspecified atom stereocenters. The molecule has 5 rings (SSSR count). The van der Waals surface area contributed by atoms with Crippen LogP contribution in [0.4, 0.5) is 0 Å². The molecular weight excluding hydrogens is 356 g/mol. The van der Waals surface area contributed by atoms with E-state index >= 15 is 0 Å². The van der Waals surface area contributed by atoms with Crippen LogP contribution in [0.2, 0.25) is 0 Å². The van der Waals surface area contributed by atoms with Crippen molar-refractivity contribution in [2.24, 2.45) is 0 Å². The van der Waals surface area contributed by atoms with Crippen LogP contribution in [-0.4, -0.2) is 65.3 Å². The van der Waals surface area contributed by atoms with Crippen molar-refractivity contribution in [1.29, 1.82) is 0 Å². The van der Waals surface area contributed by atoms with Crippen molar-refractivity contribution in [3.05, 3.63) is 53.7 Å². The number of ether oxygens (including phenoxy) is 2. The van der Waals surface area contributed by atoms with E-state index in [0.29, 0.717) is 32.0 Å². The number of rotatable bonds is 3. The zero-order chi connectivity index (χ0) is 18.9. The highest BCUT2D eigenvalue weighted by molar-refractivity contribution is 6.04. The summed E-state index contributed by atoms with van der Waals surface area (Å²) < 4.78 is 11.3. The molecular formula is C21H22N4O3. The number of amides is 1. The number of aromatic nitrogens is 2. The largest absolute Gasteiger partial charge is 0.486 e. The lowest BCUT2D eigenvalue weighted by Gasteiger charge is -2.34. The van der Waals surface area contributed by atoms with Gasteiger partial charge in [0.1, 0.15) is 13.2 Å². The topological polar surface area (TPSA) is 70.7 Å². The molecule has 0 bridgehead atoms. The van der Waals surface area contributed by atoms with Crippen LogP contribution in [0.15, 0.2) is 42.5 Å². The predicted octanol–water partition coefficient (Wildman–Crippen LogP) is 2.29. The molecule has 1 amide bonds. The molecule has 28 heavy (non-hydrogen) atoms. The minimum atomic E-state index is -0.00331. The summed E-state index contributed by atoms with van der Waals surface area (Å²) in [6, 6.07) is 13.9. The van der Waals surface area contributed by atoms with E-state index in [9.17, 15) is 4.79 Å². The Morgan fingerprint density at radius 2 is 1.79 bits per heavy atom. The first kappa shape index (κ1) is 17.1. The lowest BCUT2D eigenvalue weighted by atomic mass is 10.1. The smallest absolute Gasteiger partial charge is 0.275 e. The molecule has 2 aliphatic heterocycles. The third-order valence-corrected chi connectivity index (χ3v) is 5.35. The van der Waals surface area contributed by atoms with Gasteiger partial charge in [-0.2, -0.15) is 5.10 Å². The van der Waals surface area contributed by atoms with Crippen molar-refractivity contribution in [3.8, 4) is 11.5 Å². The molecule has 1 N–H and O–H groups in total. The van der Waals surface area contributed by atoms with E-state index in [1.807, 2.05) is 35.2 Å². The van der Waals surface area contributed by atoms with Gasteiger partial charge in [-0.15, -0.1) is 0 Å². The van der Waals surface area contributed by atoms with Crippen LogP contribution in [0.3, 0.4) is 0 Å². The van der Waals surface area contributed by atoms with Crippen molar-refractivity contribution in [2.75, 3.05) is 39.4 Å². The fourth-order valence-electron chi connectivity index (χ4n) is 3.83. The van der Waals surface area contributed by atoms with Gasteiger partial charge in [-0.25, -0.2) is 0 Å². The molecule has 7 nitrogen and oxygen atoms in total. The van der Waals surface area contributed by atoms with Crippen LogP contribution in [0.25, 0.3) is 10.9 Å². The minimum Gasteiger partial charge on any atom is -0.486 e. The average molecular weight is 378 g/mol. The van der Waals surface area contributed by atoms with Gasteiger partial charge in [0, 0.05) is 38.1 Å². The number of fused-ring (bicyclic) bond motifs is 2. The zero-order valence-corrected chi connectivity index (χ0v) is 15.6. The van der Waals surface area contributed by atoms with Gasteiger partial charge >= 0.3 is 0 Å². The predicted molar refractivity (Wildman–Crippen MR) is 105 cm³/mol. The lowest BCUT2D eigenvalue weighted by Crippen LogP contribution is -2.48. The molecule has 1 aromatic heterocycles. The molecule has 2 aromatic carbocycles. The molecule has 0 atom stereocenters. The SMILES string of the molecule is O=C(c1n[nH]c2ccccc12)N1CCN(Cc2ccc3c(c2)OCCO3)CC1. The number of nitrogens with zero attached hydrogens (tertiary/aromatic N) is 3. The quantitative estimate of drug-likeness (QED) is 0.757. The van der Waals surface area contributed by atoms with E-state index in [-0.39, 0.29) is 5.91 Å². The molecule has 3 heterocycles. The molecule has 7 heteroatoms. The summed E-state index contributed by atoms with van der Waals surface area (Å²) in [5, 5.41) is 8.07. The minimum absolute atomic E-state index is 0.00331. The average Bonchev–Trinajstić information content (AvgIpc) is 3.18. The van der Waals surface area contributed by atoms with Gasteiger partial charge in [-0.3, -0.25) is 14.8 Å². The van der Waals surface area contributed by atoms with Crippen LogP contribution in [0.1, 0.15) is 16.1 Å². The number of carbonyl (C=O) groups is 1. The number of para-hydroxylation sites is 1. The molecule has 0 radical (unpaired) electrons. The van der Waals surface area contributed by atoms with E-state index in [4.69, 9.17) is 9.47 Å². The molecule has 3 aromatic rings. The second-order valence-electron chi connectivity index (χ2n) is 7.16. The highest BCUT2D eigenvalue weighted by atomic mass is 16.6. The van der Waals surface area contributed by atoms with Crippen molar-refractivity contribution in [2.45, 2.75) is 6.54 Å². The Morgan fingerprint density at radius 1 is 1.00 bits per heavy atom. The molecule has 0 aliphatic carbocycles. The van der Waals surface area contributed by atoms with Gasteiger partial charge in [-0.1, -0.05) is 24.3 Å². The summed E-state index contributed by atoms with van der Waals surface area (Å²) in [4.78, 5) is 17.1. The van der Waals surface area contributed by atoms with Gasteiger partial charge < -0.3 is 14.4 Å².